The molecule has 8 heteroatoms. The molecule has 0 aliphatic carbocycles. The smallest absolute Gasteiger partial charge is 0.293 e. The molecule has 0 aliphatic rings. The summed E-state index contributed by atoms with van der Waals surface area (Å²) in [6.45, 7) is 3.33. The van der Waals surface area contributed by atoms with Gasteiger partial charge in [0.15, 0.2) is 11.7 Å². The zero-order valence-corrected chi connectivity index (χ0v) is 12.9. The van der Waals surface area contributed by atoms with Crippen LogP contribution in [0.25, 0.3) is 0 Å². The molecular weight excluding hydrogens is 340 g/mol. The first kappa shape index (κ1) is 15.0. The first-order valence-electron chi connectivity index (χ1n) is 5.95. The van der Waals surface area contributed by atoms with Crippen molar-refractivity contribution in [3.05, 3.63) is 45.6 Å². The Kier molecular flexibility index (Phi) is 4.27. The Morgan fingerprint density at radius 1 is 1.48 bits per heavy atom. The molecule has 2 rings (SSSR count). The Balaban J connectivity index is 2.37. The molecule has 0 saturated heterocycles. The van der Waals surface area contributed by atoms with Crippen LogP contribution in [0.5, 0.6) is 0 Å². The van der Waals surface area contributed by atoms with E-state index in [1.807, 2.05) is 0 Å². The average Bonchev–Trinajstić information content (AvgIpc) is 2.77. The van der Waals surface area contributed by atoms with Gasteiger partial charge in [-0.1, -0.05) is 21.1 Å². The second-order valence-electron chi connectivity index (χ2n) is 4.28. The standard InChI is InChI=1S/C13H13BrN4O3/c1-6-11(21-7(2)16-6)13(19)17-10-5-8(14)3-4-9(10)12(15)18-20/h3-5,20H,1-2H3,(H2,15,18)(H,17,19). The number of amidine groups is 1. The number of aromatic nitrogens is 1. The Hall–Kier alpha value is -2.35. The number of anilines is 1. The zero-order chi connectivity index (χ0) is 15.6. The van der Waals surface area contributed by atoms with Gasteiger partial charge in [0.05, 0.1) is 11.4 Å². The van der Waals surface area contributed by atoms with Gasteiger partial charge in [0, 0.05) is 17.0 Å². The summed E-state index contributed by atoms with van der Waals surface area (Å²) in [5.41, 5.74) is 6.86. The molecule has 110 valence electrons. The Bertz CT molecular complexity index is 724. The highest BCUT2D eigenvalue weighted by atomic mass is 79.9. The Labute approximate surface area is 129 Å². The number of nitrogens with zero attached hydrogens (tertiary/aromatic N) is 2. The first-order valence-corrected chi connectivity index (χ1v) is 6.74. The van der Waals surface area contributed by atoms with E-state index >= 15 is 0 Å². The molecule has 0 saturated carbocycles. The third-order valence-corrected chi connectivity index (χ3v) is 3.22. The number of oxazole rings is 1. The number of hydrogen-bond acceptors (Lipinski definition) is 5. The Morgan fingerprint density at radius 2 is 2.19 bits per heavy atom. The van der Waals surface area contributed by atoms with Crippen LogP contribution in [0.1, 0.15) is 27.7 Å². The maximum Gasteiger partial charge on any atom is 0.293 e. The lowest BCUT2D eigenvalue weighted by molar-refractivity contribution is 0.0994. The van der Waals surface area contributed by atoms with E-state index in [1.165, 1.54) is 0 Å². The van der Waals surface area contributed by atoms with E-state index in [-0.39, 0.29) is 11.6 Å². The van der Waals surface area contributed by atoms with E-state index in [9.17, 15) is 4.79 Å². The van der Waals surface area contributed by atoms with Gasteiger partial charge in [-0.05, 0) is 25.1 Å². The van der Waals surface area contributed by atoms with Crippen molar-refractivity contribution in [2.45, 2.75) is 13.8 Å². The molecule has 7 nitrogen and oxygen atoms in total. The summed E-state index contributed by atoms with van der Waals surface area (Å²) in [4.78, 5) is 16.3. The molecule has 0 radical (unpaired) electrons. The molecule has 0 spiro atoms. The number of aryl methyl sites for hydroxylation is 2. The van der Waals surface area contributed by atoms with E-state index in [1.54, 1.807) is 32.0 Å². The van der Waals surface area contributed by atoms with Crippen LogP contribution in [-0.4, -0.2) is 21.9 Å². The number of rotatable bonds is 3. The highest BCUT2D eigenvalue weighted by molar-refractivity contribution is 9.10. The maximum atomic E-state index is 12.2. The normalized spacial score (nSPS) is 11.5. The number of halogens is 1. The van der Waals surface area contributed by atoms with Crippen LogP contribution in [0.4, 0.5) is 5.69 Å². The summed E-state index contributed by atoms with van der Waals surface area (Å²) >= 11 is 3.30. The van der Waals surface area contributed by atoms with Crippen LogP contribution in [0, 0.1) is 13.8 Å². The van der Waals surface area contributed by atoms with Crippen LogP contribution < -0.4 is 11.1 Å². The van der Waals surface area contributed by atoms with Crippen molar-refractivity contribution in [1.29, 1.82) is 0 Å². The van der Waals surface area contributed by atoms with Crippen molar-refractivity contribution in [2.24, 2.45) is 10.9 Å². The van der Waals surface area contributed by atoms with Crippen LogP contribution >= 0.6 is 15.9 Å². The summed E-state index contributed by atoms with van der Waals surface area (Å²) in [6, 6.07) is 4.98. The lowest BCUT2D eigenvalue weighted by Crippen LogP contribution is -2.19. The quantitative estimate of drug-likeness (QED) is 0.339. The fourth-order valence-corrected chi connectivity index (χ4v) is 2.18. The van der Waals surface area contributed by atoms with Gasteiger partial charge in [-0.15, -0.1) is 0 Å². The van der Waals surface area contributed by atoms with Crippen molar-refractivity contribution in [2.75, 3.05) is 5.32 Å². The van der Waals surface area contributed by atoms with Gasteiger partial charge < -0.3 is 20.7 Å². The number of carbonyl (C=O) groups is 1. The summed E-state index contributed by atoms with van der Waals surface area (Å²) in [7, 11) is 0. The topological polar surface area (TPSA) is 114 Å². The highest BCUT2D eigenvalue weighted by Crippen LogP contribution is 2.22. The Morgan fingerprint density at radius 3 is 2.76 bits per heavy atom. The minimum atomic E-state index is -0.460. The maximum absolute atomic E-state index is 12.2. The van der Waals surface area contributed by atoms with E-state index in [0.29, 0.717) is 22.8 Å². The number of hydrogen-bond donors (Lipinski definition) is 3. The molecule has 21 heavy (non-hydrogen) atoms. The first-order chi connectivity index (χ1) is 9.92. The molecule has 1 amide bonds. The number of oxime groups is 1. The van der Waals surface area contributed by atoms with Gasteiger partial charge in [0.2, 0.25) is 5.76 Å². The molecule has 1 aromatic heterocycles. The molecule has 0 fully saturated rings. The molecule has 1 heterocycles. The van der Waals surface area contributed by atoms with Gasteiger partial charge in [0.1, 0.15) is 0 Å². The van der Waals surface area contributed by atoms with Gasteiger partial charge in [-0.3, -0.25) is 4.79 Å². The zero-order valence-electron chi connectivity index (χ0n) is 11.3. The van der Waals surface area contributed by atoms with Gasteiger partial charge >= 0.3 is 0 Å². The second kappa shape index (κ2) is 5.96. The molecule has 4 N–H and O–H groups in total. The average molecular weight is 353 g/mol. The van der Waals surface area contributed by atoms with E-state index < -0.39 is 5.91 Å². The van der Waals surface area contributed by atoms with Crippen molar-refractivity contribution in [3.63, 3.8) is 0 Å². The van der Waals surface area contributed by atoms with Gasteiger partial charge in [0.25, 0.3) is 5.91 Å². The van der Waals surface area contributed by atoms with Gasteiger partial charge in [-0.25, -0.2) is 4.98 Å². The van der Waals surface area contributed by atoms with Crippen molar-refractivity contribution < 1.29 is 14.4 Å². The second-order valence-corrected chi connectivity index (χ2v) is 5.19. The molecule has 0 bridgehead atoms. The lowest BCUT2D eigenvalue weighted by atomic mass is 10.1. The molecule has 0 aliphatic heterocycles. The van der Waals surface area contributed by atoms with Crippen LogP contribution in [-0.2, 0) is 0 Å². The van der Waals surface area contributed by atoms with Crippen molar-refractivity contribution >= 4 is 33.4 Å². The lowest BCUT2D eigenvalue weighted by Gasteiger charge is -2.10. The van der Waals surface area contributed by atoms with Crippen molar-refractivity contribution in [1.82, 2.24) is 4.98 Å². The van der Waals surface area contributed by atoms with Crippen LogP contribution in [0.3, 0.4) is 0 Å². The monoisotopic (exact) mass is 352 g/mol. The highest BCUT2D eigenvalue weighted by Gasteiger charge is 2.18. The molecular formula is C13H13BrN4O3. The number of nitrogens with two attached hydrogens (primary N) is 1. The SMILES string of the molecule is Cc1nc(C)c(C(=O)Nc2cc(Br)ccc2/C(N)=N/O)o1. The van der Waals surface area contributed by atoms with Gasteiger partial charge in [-0.2, -0.15) is 0 Å². The predicted molar refractivity (Wildman–Crippen MR) is 80.6 cm³/mol. The minimum Gasteiger partial charge on any atom is -0.436 e. The van der Waals surface area contributed by atoms with Crippen LogP contribution in [0.15, 0.2) is 32.2 Å². The number of nitrogens with one attached hydrogen (secondary N) is 1. The molecule has 1 aromatic carbocycles. The molecule has 0 unspecified atom stereocenters. The van der Waals surface area contributed by atoms with E-state index in [0.717, 1.165) is 4.47 Å². The summed E-state index contributed by atoms with van der Waals surface area (Å²) in [6.07, 6.45) is 0. The summed E-state index contributed by atoms with van der Waals surface area (Å²) in [5, 5.41) is 14.4. The number of amides is 1. The minimum absolute atomic E-state index is 0.108. The largest absolute Gasteiger partial charge is 0.436 e. The fourth-order valence-electron chi connectivity index (χ4n) is 1.82. The predicted octanol–water partition coefficient (Wildman–Crippen LogP) is 2.40. The van der Waals surface area contributed by atoms with E-state index in [2.05, 4.69) is 31.4 Å². The number of benzene rings is 1. The third-order valence-electron chi connectivity index (χ3n) is 2.72. The third kappa shape index (κ3) is 3.22. The van der Waals surface area contributed by atoms with Crippen LogP contribution in [0.2, 0.25) is 0 Å². The van der Waals surface area contributed by atoms with Crippen molar-refractivity contribution in [3.8, 4) is 0 Å². The van der Waals surface area contributed by atoms with E-state index in [4.69, 9.17) is 15.4 Å². The summed E-state index contributed by atoms with van der Waals surface area (Å²) < 4.78 is 5.99. The molecule has 0 atom stereocenters. The summed E-state index contributed by atoms with van der Waals surface area (Å²) in [5.74, 6) is -0.0389. The molecule has 2 aromatic rings. The number of carbonyl (C=O) groups excluding carboxylic acids is 1. The fraction of sp³-hybridized carbons (Fsp3) is 0.154.